The number of carbonyl (C=O) groups is 2. The van der Waals surface area contributed by atoms with Gasteiger partial charge in [-0.2, -0.15) is 0 Å². The molecule has 0 spiro atoms. The molecule has 1 heterocycles. The number of aryl methyl sites for hydroxylation is 1. The van der Waals surface area contributed by atoms with Gasteiger partial charge >= 0.3 is 0 Å². The van der Waals surface area contributed by atoms with Gasteiger partial charge in [0.2, 0.25) is 5.95 Å². The van der Waals surface area contributed by atoms with E-state index >= 15 is 0 Å². The second-order valence-electron chi connectivity index (χ2n) is 5.72. The van der Waals surface area contributed by atoms with Gasteiger partial charge in [0, 0.05) is 5.69 Å². The number of aromatic nitrogens is 2. The Bertz CT molecular complexity index is 1040. The number of hydrogen-bond acceptors (Lipinski definition) is 5. The molecule has 28 heavy (non-hydrogen) atoms. The molecule has 0 saturated carbocycles. The number of nitrogens with zero attached hydrogens (tertiary/aromatic N) is 2. The van der Waals surface area contributed by atoms with Crippen molar-refractivity contribution in [2.75, 3.05) is 10.7 Å². The molecule has 3 N–H and O–H groups in total. The molecule has 2 amide bonds. The van der Waals surface area contributed by atoms with Crippen molar-refractivity contribution in [1.29, 1.82) is 0 Å². The van der Waals surface area contributed by atoms with E-state index in [-0.39, 0.29) is 22.2 Å². The molecule has 9 heteroatoms. The van der Waals surface area contributed by atoms with Crippen molar-refractivity contribution in [2.45, 2.75) is 6.92 Å². The van der Waals surface area contributed by atoms with Crippen LogP contribution in [0, 0.1) is 6.92 Å². The van der Waals surface area contributed by atoms with Crippen LogP contribution in [0.1, 0.15) is 26.4 Å². The molecule has 0 aliphatic carbocycles. The van der Waals surface area contributed by atoms with E-state index in [1.165, 1.54) is 6.20 Å². The Hall–Kier alpha value is -3.16. The fourth-order valence-electron chi connectivity index (χ4n) is 2.31. The highest BCUT2D eigenvalue weighted by Gasteiger charge is 2.16. The van der Waals surface area contributed by atoms with Crippen LogP contribution in [0.3, 0.4) is 0 Å². The van der Waals surface area contributed by atoms with Crippen LogP contribution < -0.4 is 16.2 Å². The molecule has 7 nitrogen and oxygen atoms in total. The molecule has 3 aromatic rings. The summed E-state index contributed by atoms with van der Waals surface area (Å²) in [5, 5.41) is 3.13. The lowest BCUT2D eigenvalue weighted by Gasteiger charge is -2.11. The SMILES string of the molecule is Cc1ccccc1NC(=O)c1nc(NNC(=O)c2ccccc2Cl)ncc1Cl. The first-order valence-electron chi connectivity index (χ1n) is 8.16. The summed E-state index contributed by atoms with van der Waals surface area (Å²) < 4.78 is 0. The fraction of sp³-hybridized carbons (Fsp3) is 0.0526. The largest absolute Gasteiger partial charge is 0.320 e. The molecule has 2 aromatic carbocycles. The predicted octanol–water partition coefficient (Wildman–Crippen LogP) is 4.10. The average Bonchev–Trinajstić information content (AvgIpc) is 2.69. The summed E-state index contributed by atoms with van der Waals surface area (Å²) in [7, 11) is 0. The molecule has 0 saturated heterocycles. The summed E-state index contributed by atoms with van der Waals surface area (Å²) in [4.78, 5) is 32.7. The Morgan fingerprint density at radius 3 is 2.39 bits per heavy atom. The van der Waals surface area contributed by atoms with Gasteiger partial charge in [-0.15, -0.1) is 0 Å². The number of nitrogens with one attached hydrogen (secondary N) is 3. The number of carbonyl (C=O) groups excluding carboxylic acids is 2. The van der Waals surface area contributed by atoms with E-state index in [9.17, 15) is 9.59 Å². The molecule has 0 unspecified atom stereocenters. The Labute approximate surface area is 171 Å². The Morgan fingerprint density at radius 2 is 1.64 bits per heavy atom. The highest BCUT2D eigenvalue weighted by molar-refractivity contribution is 6.34. The maximum Gasteiger partial charge on any atom is 0.276 e. The van der Waals surface area contributed by atoms with Crippen LogP contribution in [0.5, 0.6) is 0 Å². The summed E-state index contributed by atoms with van der Waals surface area (Å²) in [5.74, 6) is -0.975. The number of halogens is 2. The minimum Gasteiger partial charge on any atom is -0.320 e. The van der Waals surface area contributed by atoms with Gasteiger partial charge in [0.05, 0.1) is 21.8 Å². The van der Waals surface area contributed by atoms with Gasteiger partial charge < -0.3 is 5.32 Å². The van der Waals surface area contributed by atoms with Crippen LogP contribution in [-0.4, -0.2) is 21.8 Å². The monoisotopic (exact) mass is 415 g/mol. The highest BCUT2D eigenvalue weighted by Crippen LogP contribution is 2.19. The lowest BCUT2D eigenvalue weighted by molar-refractivity contribution is 0.0962. The van der Waals surface area contributed by atoms with Crippen molar-refractivity contribution in [3.63, 3.8) is 0 Å². The van der Waals surface area contributed by atoms with Crippen LogP contribution in [0.2, 0.25) is 10.0 Å². The third-order valence-corrected chi connectivity index (χ3v) is 4.36. The zero-order valence-corrected chi connectivity index (χ0v) is 16.2. The Morgan fingerprint density at radius 1 is 0.929 bits per heavy atom. The number of rotatable bonds is 5. The van der Waals surface area contributed by atoms with Crippen molar-refractivity contribution in [3.8, 4) is 0 Å². The van der Waals surface area contributed by atoms with Crippen molar-refractivity contribution >= 4 is 46.7 Å². The number of para-hydroxylation sites is 1. The summed E-state index contributed by atoms with van der Waals surface area (Å²) in [6.07, 6.45) is 1.27. The third kappa shape index (κ3) is 4.57. The predicted molar refractivity (Wildman–Crippen MR) is 109 cm³/mol. The van der Waals surface area contributed by atoms with Crippen LogP contribution in [-0.2, 0) is 0 Å². The summed E-state index contributed by atoms with van der Waals surface area (Å²) in [6.45, 7) is 1.87. The smallest absolute Gasteiger partial charge is 0.276 e. The Balaban J connectivity index is 1.72. The number of benzene rings is 2. The molecule has 1 aromatic heterocycles. The zero-order chi connectivity index (χ0) is 20.1. The topological polar surface area (TPSA) is 96.0 Å². The minimum absolute atomic E-state index is 0.000243. The first-order chi connectivity index (χ1) is 13.5. The first-order valence-corrected chi connectivity index (χ1v) is 8.91. The minimum atomic E-state index is -0.498. The number of amides is 2. The van der Waals surface area contributed by atoms with Gasteiger partial charge in [0.15, 0.2) is 5.69 Å². The molecular formula is C19H15Cl2N5O2. The average molecular weight is 416 g/mol. The molecule has 142 valence electrons. The van der Waals surface area contributed by atoms with Gasteiger partial charge in [-0.1, -0.05) is 53.5 Å². The number of anilines is 2. The molecule has 0 fully saturated rings. The van der Waals surface area contributed by atoms with E-state index in [0.29, 0.717) is 10.7 Å². The molecule has 0 bridgehead atoms. The highest BCUT2D eigenvalue weighted by atomic mass is 35.5. The van der Waals surface area contributed by atoms with E-state index in [0.717, 1.165) is 5.56 Å². The maximum absolute atomic E-state index is 12.5. The van der Waals surface area contributed by atoms with E-state index < -0.39 is 11.8 Å². The normalized spacial score (nSPS) is 10.2. The van der Waals surface area contributed by atoms with Gasteiger partial charge in [-0.25, -0.2) is 9.97 Å². The summed E-state index contributed by atoms with van der Waals surface area (Å²) in [5.41, 5.74) is 6.76. The van der Waals surface area contributed by atoms with Crippen molar-refractivity contribution < 1.29 is 9.59 Å². The van der Waals surface area contributed by atoms with Crippen LogP contribution in [0.4, 0.5) is 11.6 Å². The van der Waals surface area contributed by atoms with Gasteiger partial charge in [-0.3, -0.25) is 20.4 Å². The lowest BCUT2D eigenvalue weighted by Crippen LogP contribution is -2.31. The standard InChI is InChI=1S/C19H15Cl2N5O2/c1-11-6-2-5-9-15(11)23-18(28)16-14(21)10-22-19(24-16)26-25-17(27)12-7-3-4-8-13(12)20/h2-10H,1H3,(H,23,28)(H,25,27)(H,22,24,26). The second kappa shape index (κ2) is 8.69. The summed E-state index contributed by atoms with van der Waals surface area (Å²) >= 11 is 12.0. The maximum atomic E-state index is 12.5. The van der Waals surface area contributed by atoms with E-state index in [2.05, 4.69) is 26.1 Å². The second-order valence-corrected chi connectivity index (χ2v) is 6.53. The third-order valence-electron chi connectivity index (χ3n) is 3.76. The lowest BCUT2D eigenvalue weighted by atomic mass is 10.2. The van der Waals surface area contributed by atoms with Crippen molar-refractivity contribution in [3.05, 3.63) is 81.6 Å². The van der Waals surface area contributed by atoms with Gasteiger partial charge in [-0.05, 0) is 30.7 Å². The molecular weight excluding hydrogens is 401 g/mol. The molecule has 0 radical (unpaired) electrons. The molecule has 0 aliphatic rings. The van der Waals surface area contributed by atoms with Crippen molar-refractivity contribution in [2.24, 2.45) is 0 Å². The Kier molecular flexibility index (Phi) is 6.08. The van der Waals surface area contributed by atoms with Crippen LogP contribution >= 0.6 is 23.2 Å². The first kappa shape index (κ1) is 19.6. The summed E-state index contributed by atoms with van der Waals surface area (Å²) in [6, 6.07) is 13.9. The van der Waals surface area contributed by atoms with Crippen LogP contribution in [0.25, 0.3) is 0 Å². The molecule has 3 rings (SSSR count). The van der Waals surface area contributed by atoms with E-state index in [4.69, 9.17) is 23.2 Å². The number of hydrazine groups is 1. The molecule has 0 aliphatic heterocycles. The molecule has 0 atom stereocenters. The van der Waals surface area contributed by atoms with Gasteiger partial charge in [0.25, 0.3) is 11.8 Å². The quantitative estimate of drug-likeness (QED) is 0.545. The fourth-order valence-corrected chi connectivity index (χ4v) is 2.71. The van der Waals surface area contributed by atoms with Crippen molar-refractivity contribution in [1.82, 2.24) is 15.4 Å². The van der Waals surface area contributed by atoms with E-state index in [1.807, 2.05) is 19.1 Å². The zero-order valence-electron chi connectivity index (χ0n) is 14.7. The van der Waals surface area contributed by atoms with E-state index in [1.54, 1.807) is 36.4 Å². The number of hydrogen-bond donors (Lipinski definition) is 3. The van der Waals surface area contributed by atoms with Crippen LogP contribution in [0.15, 0.2) is 54.7 Å². The van der Waals surface area contributed by atoms with Gasteiger partial charge in [0.1, 0.15) is 0 Å².